The quantitative estimate of drug-likeness (QED) is 0.655. The molecule has 2 amide bonds. The molecule has 1 saturated carbocycles. The number of amides is 2. The lowest BCUT2D eigenvalue weighted by atomic mass is 10.1. The second-order valence-electron chi connectivity index (χ2n) is 6.90. The lowest BCUT2D eigenvalue weighted by molar-refractivity contribution is -0.117. The van der Waals surface area contributed by atoms with Crippen molar-refractivity contribution >= 4 is 34.1 Å². The zero-order valence-electron chi connectivity index (χ0n) is 14.8. The van der Waals surface area contributed by atoms with Gasteiger partial charge in [0.15, 0.2) is 0 Å². The summed E-state index contributed by atoms with van der Waals surface area (Å²) >= 11 is 0. The van der Waals surface area contributed by atoms with E-state index in [1.54, 1.807) is 6.07 Å². The van der Waals surface area contributed by atoms with Crippen LogP contribution in [-0.4, -0.2) is 16.8 Å². The number of para-hydroxylation sites is 1. The molecule has 0 atom stereocenters. The van der Waals surface area contributed by atoms with E-state index in [-0.39, 0.29) is 17.7 Å². The molecule has 5 heteroatoms. The number of nitrogens with one attached hydrogen (secondary N) is 3. The Morgan fingerprint density at radius 3 is 2.42 bits per heavy atom. The Morgan fingerprint density at radius 2 is 1.69 bits per heavy atom. The maximum Gasteiger partial charge on any atom is 0.257 e. The first kappa shape index (κ1) is 16.4. The zero-order chi connectivity index (χ0) is 18.3. The van der Waals surface area contributed by atoms with Crippen molar-refractivity contribution in [2.45, 2.75) is 26.7 Å². The minimum Gasteiger partial charge on any atom is -0.358 e. The molecule has 1 heterocycles. The lowest BCUT2D eigenvalue weighted by Gasteiger charge is -2.09. The Morgan fingerprint density at radius 1 is 1.00 bits per heavy atom. The molecule has 2 aromatic carbocycles. The Balaban J connectivity index is 1.57. The van der Waals surface area contributed by atoms with Crippen LogP contribution in [0.3, 0.4) is 0 Å². The highest BCUT2D eigenvalue weighted by Crippen LogP contribution is 2.30. The highest BCUT2D eigenvalue weighted by molar-refractivity contribution is 6.12. The van der Waals surface area contributed by atoms with E-state index < -0.39 is 0 Å². The maximum atomic E-state index is 12.8. The Kier molecular flexibility index (Phi) is 3.99. The van der Waals surface area contributed by atoms with Crippen molar-refractivity contribution in [3.05, 3.63) is 59.3 Å². The van der Waals surface area contributed by atoms with Gasteiger partial charge in [-0.25, -0.2) is 0 Å². The summed E-state index contributed by atoms with van der Waals surface area (Å²) in [7, 11) is 0. The number of aryl methyl sites for hydroxylation is 2. The van der Waals surface area contributed by atoms with Gasteiger partial charge >= 0.3 is 0 Å². The molecule has 3 N–H and O–H groups in total. The van der Waals surface area contributed by atoms with Crippen LogP contribution in [0.1, 0.15) is 34.5 Å². The monoisotopic (exact) mass is 347 g/mol. The third-order valence-electron chi connectivity index (χ3n) is 4.92. The van der Waals surface area contributed by atoms with Crippen LogP contribution < -0.4 is 10.6 Å². The molecule has 1 aliphatic carbocycles. The maximum absolute atomic E-state index is 12.8. The normalized spacial score (nSPS) is 13.6. The average Bonchev–Trinajstić information content (AvgIpc) is 3.42. The minimum atomic E-state index is -0.178. The molecule has 3 aromatic rings. The standard InChI is InChI=1S/C21H21N3O2/c1-12-13(2)22-19-17(12)7-4-8-18(19)21(26)24-16-6-3-5-15(11-16)23-20(25)14-9-10-14/h3-8,11,14,22H,9-10H2,1-2H3,(H,23,25)(H,24,26). The molecule has 1 aromatic heterocycles. The molecule has 0 spiro atoms. The van der Waals surface area contributed by atoms with Gasteiger partial charge in [0, 0.05) is 28.4 Å². The zero-order valence-corrected chi connectivity index (χ0v) is 14.8. The molecule has 4 rings (SSSR count). The fourth-order valence-electron chi connectivity index (χ4n) is 3.13. The smallest absolute Gasteiger partial charge is 0.257 e. The summed E-state index contributed by atoms with van der Waals surface area (Å²) in [6.45, 7) is 4.05. The minimum absolute atomic E-state index is 0.0515. The first-order valence-electron chi connectivity index (χ1n) is 8.83. The Bertz CT molecular complexity index is 1020. The Hall–Kier alpha value is -3.08. The summed E-state index contributed by atoms with van der Waals surface area (Å²) < 4.78 is 0. The number of H-pyrrole nitrogens is 1. The molecule has 0 aliphatic heterocycles. The van der Waals surface area contributed by atoms with Gasteiger partial charge in [-0.2, -0.15) is 0 Å². The van der Waals surface area contributed by atoms with E-state index >= 15 is 0 Å². The number of fused-ring (bicyclic) bond motifs is 1. The van der Waals surface area contributed by atoms with Crippen LogP contribution >= 0.6 is 0 Å². The summed E-state index contributed by atoms with van der Waals surface area (Å²) in [5, 5.41) is 6.88. The lowest BCUT2D eigenvalue weighted by Crippen LogP contribution is -2.15. The molecule has 1 aliphatic rings. The number of anilines is 2. The SMILES string of the molecule is Cc1[nH]c2c(C(=O)Nc3cccc(NC(=O)C4CC4)c3)cccc2c1C. The van der Waals surface area contributed by atoms with E-state index in [1.165, 1.54) is 0 Å². The molecule has 132 valence electrons. The number of aromatic nitrogens is 1. The number of aromatic amines is 1. The van der Waals surface area contributed by atoms with Crippen molar-refractivity contribution in [3.63, 3.8) is 0 Å². The Labute approximate surface area is 151 Å². The van der Waals surface area contributed by atoms with Gasteiger partial charge in [0.25, 0.3) is 5.91 Å². The number of rotatable bonds is 4. The van der Waals surface area contributed by atoms with Gasteiger partial charge in [-0.1, -0.05) is 18.2 Å². The van der Waals surface area contributed by atoms with Gasteiger partial charge < -0.3 is 15.6 Å². The van der Waals surface area contributed by atoms with E-state index in [1.807, 2.05) is 50.2 Å². The van der Waals surface area contributed by atoms with Gasteiger partial charge in [-0.15, -0.1) is 0 Å². The molecule has 0 bridgehead atoms. The van der Waals surface area contributed by atoms with Gasteiger partial charge in [0.2, 0.25) is 5.91 Å². The second-order valence-corrected chi connectivity index (χ2v) is 6.90. The van der Waals surface area contributed by atoms with Crippen molar-refractivity contribution in [3.8, 4) is 0 Å². The largest absolute Gasteiger partial charge is 0.358 e. The average molecular weight is 347 g/mol. The van der Waals surface area contributed by atoms with Crippen molar-refractivity contribution in [1.82, 2.24) is 4.98 Å². The third kappa shape index (κ3) is 3.08. The first-order valence-corrected chi connectivity index (χ1v) is 8.83. The number of hydrogen-bond donors (Lipinski definition) is 3. The molecule has 5 nitrogen and oxygen atoms in total. The summed E-state index contributed by atoms with van der Waals surface area (Å²) in [5.74, 6) is 0.0170. The molecule has 0 radical (unpaired) electrons. The van der Waals surface area contributed by atoms with Gasteiger partial charge in [-0.05, 0) is 56.5 Å². The number of carbonyl (C=O) groups excluding carboxylic acids is 2. The molecular formula is C21H21N3O2. The summed E-state index contributed by atoms with van der Waals surface area (Å²) in [4.78, 5) is 28.0. The van der Waals surface area contributed by atoms with Gasteiger partial charge in [0.1, 0.15) is 0 Å². The van der Waals surface area contributed by atoms with E-state index in [0.717, 1.165) is 35.0 Å². The van der Waals surface area contributed by atoms with Crippen molar-refractivity contribution in [2.75, 3.05) is 10.6 Å². The van der Waals surface area contributed by atoms with Crippen LogP contribution in [0.15, 0.2) is 42.5 Å². The van der Waals surface area contributed by atoms with E-state index in [9.17, 15) is 9.59 Å². The molecule has 1 fully saturated rings. The third-order valence-corrected chi connectivity index (χ3v) is 4.92. The molecule has 0 unspecified atom stereocenters. The first-order chi connectivity index (χ1) is 12.5. The summed E-state index contributed by atoms with van der Waals surface area (Å²) in [6, 6.07) is 13.0. The number of hydrogen-bond acceptors (Lipinski definition) is 2. The van der Waals surface area contributed by atoms with E-state index in [2.05, 4.69) is 15.6 Å². The van der Waals surface area contributed by atoms with Crippen molar-refractivity contribution < 1.29 is 9.59 Å². The molecule has 0 saturated heterocycles. The van der Waals surface area contributed by atoms with E-state index in [0.29, 0.717) is 16.9 Å². The fraction of sp³-hybridized carbons (Fsp3) is 0.238. The number of benzene rings is 2. The predicted octanol–water partition coefficient (Wildman–Crippen LogP) is 4.39. The summed E-state index contributed by atoms with van der Waals surface area (Å²) in [5.41, 5.74) is 5.01. The molecule has 26 heavy (non-hydrogen) atoms. The van der Waals surface area contributed by atoms with E-state index in [4.69, 9.17) is 0 Å². The highest BCUT2D eigenvalue weighted by Gasteiger charge is 2.29. The van der Waals surface area contributed by atoms with Gasteiger partial charge in [-0.3, -0.25) is 9.59 Å². The summed E-state index contributed by atoms with van der Waals surface area (Å²) in [6.07, 6.45) is 1.92. The van der Waals surface area contributed by atoms with Crippen molar-refractivity contribution in [1.29, 1.82) is 0 Å². The van der Waals surface area contributed by atoms with Gasteiger partial charge in [0.05, 0.1) is 11.1 Å². The number of carbonyl (C=O) groups is 2. The van der Waals surface area contributed by atoms with Crippen LogP contribution in [-0.2, 0) is 4.79 Å². The fourth-order valence-corrected chi connectivity index (χ4v) is 3.13. The van der Waals surface area contributed by atoms with Crippen LogP contribution in [0, 0.1) is 19.8 Å². The van der Waals surface area contributed by atoms with Crippen molar-refractivity contribution in [2.24, 2.45) is 5.92 Å². The second kappa shape index (κ2) is 6.33. The van der Waals surface area contributed by atoms with Crippen LogP contribution in [0.5, 0.6) is 0 Å². The predicted molar refractivity (Wildman–Crippen MR) is 104 cm³/mol. The van der Waals surface area contributed by atoms with Crippen LogP contribution in [0.4, 0.5) is 11.4 Å². The highest BCUT2D eigenvalue weighted by atomic mass is 16.2. The van der Waals surface area contributed by atoms with Crippen LogP contribution in [0.2, 0.25) is 0 Å². The molecular weight excluding hydrogens is 326 g/mol. The van der Waals surface area contributed by atoms with Crippen LogP contribution in [0.25, 0.3) is 10.9 Å². The topological polar surface area (TPSA) is 74.0 Å².